The molecule has 0 amide bonds. The molecule has 20 heavy (non-hydrogen) atoms. The molecular weight excluding hydrogens is 392 g/mol. The fraction of sp³-hybridized carbons (Fsp3) is 0. The van der Waals surface area contributed by atoms with Gasteiger partial charge in [0.2, 0.25) is 0 Å². The van der Waals surface area contributed by atoms with Crippen LogP contribution in [0.2, 0.25) is 10.0 Å². The lowest BCUT2D eigenvalue weighted by molar-refractivity contribution is 0.598. The van der Waals surface area contributed by atoms with Gasteiger partial charge in [0.15, 0.2) is 5.82 Å². The minimum absolute atomic E-state index is 0.00250. The van der Waals surface area contributed by atoms with E-state index in [-0.39, 0.29) is 25.1 Å². The molecule has 1 N–H and O–H groups in total. The molecule has 3 nitrogen and oxygen atoms in total. The van der Waals surface area contributed by atoms with Crippen LogP contribution in [0, 0.1) is 5.82 Å². The normalized spacial score (nSPS) is 11.4. The van der Waals surface area contributed by atoms with Gasteiger partial charge in [-0.05, 0) is 46.3 Å². The molecule has 2 aromatic carbocycles. The molecule has 0 spiro atoms. The SMILES string of the molecule is O=S(=O)(Nc1cccc(Br)c1F)c1cc(Cl)ccc1Cl. The largest absolute Gasteiger partial charge is 0.277 e. The van der Waals surface area contributed by atoms with Crippen LogP contribution in [0.1, 0.15) is 0 Å². The van der Waals surface area contributed by atoms with Crippen molar-refractivity contribution in [1.82, 2.24) is 0 Å². The van der Waals surface area contributed by atoms with Gasteiger partial charge < -0.3 is 0 Å². The van der Waals surface area contributed by atoms with Crippen molar-refractivity contribution >= 4 is 54.8 Å². The van der Waals surface area contributed by atoms with Gasteiger partial charge in [-0.3, -0.25) is 4.72 Å². The monoisotopic (exact) mass is 397 g/mol. The van der Waals surface area contributed by atoms with Gasteiger partial charge in [-0.25, -0.2) is 12.8 Å². The molecule has 0 atom stereocenters. The Morgan fingerprint density at radius 2 is 1.85 bits per heavy atom. The summed E-state index contributed by atoms with van der Waals surface area (Å²) >= 11 is 14.6. The summed E-state index contributed by atoms with van der Waals surface area (Å²) in [5, 5.41) is 0.210. The van der Waals surface area contributed by atoms with Crippen molar-refractivity contribution in [3.05, 3.63) is 56.7 Å². The third-order valence-corrected chi connectivity index (χ3v) is 5.07. The summed E-state index contributed by atoms with van der Waals surface area (Å²) in [5.74, 6) is -0.714. The summed E-state index contributed by atoms with van der Waals surface area (Å²) in [5.41, 5.74) is -0.185. The number of benzene rings is 2. The minimum atomic E-state index is -4.03. The third-order valence-electron chi connectivity index (χ3n) is 2.38. The lowest BCUT2D eigenvalue weighted by Gasteiger charge is -2.11. The highest BCUT2D eigenvalue weighted by molar-refractivity contribution is 9.10. The second kappa shape index (κ2) is 5.89. The first-order valence-corrected chi connectivity index (χ1v) is 8.26. The molecule has 0 aliphatic rings. The van der Waals surface area contributed by atoms with Gasteiger partial charge in [-0.2, -0.15) is 0 Å². The van der Waals surface area contributed by atoms with E-state index in [1.165, 1.54) is 36.4 Å². The molecule has 0 bridgehead atoms. The maximum Gasteiger partial charge on any atom is 0.263 e. The van der Waals surface area contributed by atoms with Crippen LogP contribution in [0.3, 0.4) is 0 Å². The molecule has 0 saturated heterocycles. The van der Waals surface area contributed by atoms with E-state index in [9.17, 15) is 12.8 Å². The molecule has 0 unspecified atom stereocenters. The second-order valence-electron chi connectivity index (χ2n) is 3.78. The number of hydrogen-bond acceptors (Lipinski definition) is 2. The van der Waals surface area contributed by atoms with Crippen molar-refractivity contribution in [3.63, 3.8) is 0 Å². The van der Waals surface area contributed by atoms with Gasteiger partial charge >= 0.3 is 0 Å². The van der Waals surface area contributed by atoms with Crippen molar-refractivity contribution in [2.24, 2.45) is 0 Å². The fourth-order valence-corrected chi connectivity index (χ4v) is 3.65. The Labute approximate surface area is 133 Å². The van der Waals surface area contributed by atoms with Crippen LogP contribution in [0.4, 0.5) is 10.1 Å². The zero-order valence-electron chi connectivity index (χ0n) is 9.70. The van der Waals surface area contributed by atoms with Crippen molar-refractivity contribution < 1.29 is 12.8 Å². The number of anilines is 1. The Morgan fingerprint density at radius 3 is 2.55 bits per heavy atom. The van der Waals surface area contributed by atoms with Crippen LogP contribution in [0.15, 0.2) is 45.8 Å². The molecule has 0 aromatic heterocycles. The summed E-state index contributed by atoms with van der Waals surface area (Å²) in [6.45, 7) is 0. The van der Waals surface area contributed by atoms with E-state index in [1.807, 2.05) is 0 Å². The van der Waals surface area contributed by atoms with Gasteiger partial charge in [0.25, 0.3) is 10.0 Å². The molecule has 0 aliphatic carbocycles. The highest BCUT2D eigenvalue weighted by Gasteiger charge is 2.20. The van der Waals surface area contributed by atoms with E-state index in [0.29, 0.717) is 0 Å². The number of rotatable bonds is 3. The number of sulfonamides is 1. The van der Waals surface area contributed by atoms with Crippen LogP contribution in [-0.4, -0.2) is 8.42 Å². The van der Waals surface area contributed by atoms with Crippen molar-refractivity contribution in [3.8, 4) is 0 Å². The summed E-state index contributed by atoms with van der Waals surface area (Å²) in [7, 11) is -4.03. The van der Waals surface area contributed by atoms with Crippen molar-refractivity contribution in [2.75, 3.05) is 4.72 Å². The molecule has 0 aliphatic heterocycles. The van der Waals surface area contributed by atoms with Crippen LogP contribution < -0.4 is 4.72 Å². The van der Waals surface area contributed by atoms with Crippen LogP contribution >= 0.6 is 39.1 Å². The molecule has 8 heteroatoms. The fourth-order valence-electron chi connectivity index (χ4n) is 1.47. The standard InChI is InChI=1S/C12H7BrCl2FNO2S/c13-8-2-1-3-10(12(8)16)17-20(18,19)11-6-7(14)4-5-9(11)15/h1-6,17H. The zero-order valence-corrected chi connectivity index (χ0v) is 13.6. The average Bonchev–Trinajstić information content (AvgIpc) is 2.37. The predicted octanol–water partition coefficient (Wildman–Crippen LogP) is 4.70. The van der Waals surface area contributed by atoms with Crippen molar-refractivity contribution in [2.45, 2.75) is 4.90 Å². The topological polar surface area (TPSA) is 46.2 Å². The Kier molecular flexibility index (Phi) is 4.59. The van der Waals surface area contributed by atoms with Gasteiger partial charge in [-0.1, -0.05) is 29.3 Å². The highest BCUT2D eigenvalue weighted by atomic mass is 79.9. The summed E-state index contributed by atoms with van der Waals surface area (Å²) in [6, 6.07) is 8.28. The van der Waals surface area contributed by atoms with Gasteiger partial charge in [0, 0.05) is 5.02 Å². The lowest BCUT2D eigenvalue weighted by Crippen LogP contribution is -2.14. The van der Waals surface area contributed by atoms with E-state index in [2.05, 4.69) is 20.7 Å². The molecule has 0 radical (unpaired) electrons. The van der Waals surface area contributed by atoms with Crippen molar-refractivity contribution in [1.29, 1.82) is 0 Å². The minimum Gasteiger partial charge on any atom is -0.277 e. The van der Waals surface area contributed by atoms with Crippen LogP contribution in [0.5, 0.6) is 0 Å². The second-order valence-corrected chi connectivity index (χ2v) is 7.13. The predicted molar refractivity (Wildman–Crippen MR) is 81.4 cm³/mol. The number of halogens is 4. The third kappa shape index (κ3) is 3.25. The molecule has 0 fully saturated rings. The summed E-state index contributed by atoms with van der Waals surface area (Å²) < 4.78 is 40.5. The van der Waals surface area contributed by atoms with E-state index in [0.717, 1.165) is 0 Å². The Morgan fingerprint density at radius 1 is 1.15 bits per heavy atom. The maximum absolute atomic E-state index is 13.8. The Bertz CT molecular complexity index is 768. The first-order chi connectivity index (χ1) is 9.31. The summed E-state index contributed by atoms with van der Waals surface area (Å²) in [4.78, 5) is -0.217. The smallest absolute Gasteiger partial charge is 0.263 e. The first kappa shape index (κ1) is 15.6. The Hall–Kier alpha value is -0.820. The van der Waals surface area contributed by atoms with Gasteiger partial charge in [0.05, 0.1) is 15.2 Å². The Balaban J connectivity index is 2.46. The number of nitrogens with one attached hydrogen (secondary N) is 1. The van der Waals surface area contributed by atoms with Crippen LogP contribution in [-0.2, 0) is 10.0 Å². The average molecular weight is 399 g/mol. The summed E-state index contributed by atoms with van der Waals surface area (Å²) in [6.07, 6.45) is 0. The molecule has 2 rings (SSSR count). The highest BCUT2D eigenvalue weighted by Crippen LogP contribution is 2.29. The zero-order chi connectivity index (χ0) is 14.9. The van der Waals surface area contributed by atoms with Crippen LogP contribution in [0.25, 0.3) is 0 Å². The first-order valence-electron chi connectivity index (χ1n) is 5.23. The molecule has 106 valence electrons. The molecule has 0 saturated carbocycles. The molecular formula is C12H7BrCl2FNO2S. The van der Waals surface area contributed by atoms with E-state index in [1.54, 1.807) is 0 Å². The van der Waals surface area contributed by atoms with Gasteiger partial charge in [-0.15, -0.1) is 0 Å². The maximum atomic E-state index is 13.8. The van der Waals surface area contributed by atoms with Gasteiger partial charge in [0.1, 0.15) is 4.90 Å². The van der Waals surface area contributed by atoms with E-state index >= 15 is 0 Å². The molecule has 2 aromatic rings. The molecule has 0 heterocycles. The lowest BCUT2D eigenvalue weighted by atomic mass is 10.3. The van der Waals surface area contributed by atoms with E-state index < -0.39 is 15.8 Å². The number of hydrogen-bond donors (Lipinski definition) is 1. The van der Waals surface area contributed by atoms with E-state index in [4.69, 9.17) is 23.2 Å². The quantitative estimate of drug-likeness (QED) is 0.814.